The van der Waals surface area contributed by atoms with E-state index in [0.717, 1.165) is 39.7 Å². The molecule has 0 radical (unpaired) electrons. The van der Waals surface area contributed by atoms with Gasteiger partial charge in [0.25, 0.3) is 0 Å². The van der Waals surface area contributed by atoms with E-state index in [1.807, 2.05) is 152 Å². The van der Waals surface area contributed by atoms with Gasteiger partial charge in [-0.25, -0.2) is 4.79 Å². The largest absolute Gasteiger partial charge is 0.456 e. The third-order valence-electron chi connectivity index (χ3n) is 9.54. The van der Waals surface area contributed by atoms with Crippen LogP contribution in [-0.4, -0.2) is 5.97 Å². The van der Waals surface area contributed by atoms with Gasteiger partial charge in [-0.15, -0.1) is 0 Å². The number of carbonyl (C=O) groups excluding carboxylic acids is 1. The molecule has 7 aromatic rings. The van der Waals surface area contributed by atoms with Crippen LogP contribution >= 0.6 is 46.4 Å². The van der Waals surface area contributed by atoms with E-state index in [9.17, 15) is 4.79 Å². The quantitative estimate of drug-likeness (QED) is 0.158. The second-order valence-electron chi connectivity index (χ2n) is 12.7. The Balaban J connectivity index is 1.24. The van der Waals surface area contributed by atoms with Gasteiger partial charge in [-0.05, 0) is 127 Å². The number of nitrogens with zero attached hydrogens (tertiary/aromatic N) is 2. The first-order valence-corrected chi connectivity index (χ1v) is 18.2. The van der Waals surface area contributed by atoms with Crippen molar-refractivity contribution < 1.29 is 14.3 Å². The molecule has 0 aliphatic carbocycles. The Labute approximate surface area is 326 Å². The highest BCUT2D eigenvalue weighted by Crippen LogP contribution is 2.58. The summed E-state index contributed by atoms with van der Waals surface area (Å²) in [5.74, 6) is 0.670. The molecule has 0 bridgehead atoms. The van der Waals surface area contributed by atoms with E-state index in [2.05, 4.69) is 9.80 Å². The number of halogens is 4. The number of hydrogen-bond donors (Lipinski definition) is 0. The van der Waals surface area contributed by atoms with E-state index in [1.54, 1.807) is 6.07 Å². The minimum Gasteiger partial charge on any atom is -0.456 e. The van der Waals surface area contributed by atoms with Crippen LogP contribution in [0, 0.1) is 0 Å². The number of carbonyl (C=O) groups is 1. The van der Waals surface area contributed by atoms with Gasteiger partial charge in [-0.2, -0.15) is 0 Å². The molecule has 5 nitrogen and oxygen atoms in total. The van der Waals surface area contributed by atoms with Gasteiger partial charge in [-0.3, -0.25) is 0 Å². The maximum Gasteiger partial charge on any atom is 0.340 e. The van der Waals surface area contributed by atoms with Gasteiger partial charge < -0.3 is 19.3 Å². The molecular formula is C44H26Cl4N2O3. The number of hydrogen-bond acceptors (Lipinski definition) is 5. The molecule has 0 unspecified atom stereocenters. The van der Waals surface area contributed by atoms with Gasteiger partial charge in [0.1, 0.15) is 11.5 Å². The zero-order chi connectivity index (χ0) is 36.3. The minimum atomic E-state index is -1.26. The average Bonchev–Trinajstić information content (AvgIpc) is 3.47. The second kappa shape index (κ2) is 13.2. The second-order valence-corrected chi connectivity index (χ2v) is 14.4. The Kier molecular flexibility index (Phi) is 8.33. The number of rotatable bonds is 6. The molecule has 0 amide bonds. The summed E-state index contributed by atoms with van der Waals surface area (Å²) in [6.45, 7) is 0. The van der Waals surface area contributed by atoms with Crippen molar-refractivity contribution in [2.75, 3.05) is 9.80 Å². The summed E-state index contributed by atoms with van der Waals surface area (Å²) < 4.78 is 13.4. The van der Waals surface area contributed by atoms with Crippen LogP contribution in [0.4, 0.5) is 34.1 Å². The third kappa shape index (κ3) is 5.77. The highest BCUT2D eigenvalue weighted by atomic mass is 35.5. The van der Waals surface area contributed by atoms with Crippen LogP contribution in [0.1, 0.15) is 27.0 Å². The maximum absolute atomic E-state index is 13.6. The summed E-state index contributed by atoms with van der Waals surface area (Å²) in [6.07, 6.45) is 0. The first-order valence-electron chi connectivity index (χ1n) is 16.7. The van der Waals surface area contributed by atoms with Gasteiger partial charge in [0.2, 0.25) is 0 Å². The summed E-state index contributed by atoms with van der Waals surface area (Å²) in [5.41, 5.74) is 6.54. The molecule has 2 aliphatic heterocycles. The average molecular weight is 773 g/mol. The lowest BCUT2D eigenvalue weighted by Gasteiger charge is -2.38. The molecule has 9 rings (SSSR count). The van der Waals surface area contributed by atoms with Crippen LogP contribution in [0.25, 0.3) is 0 Å². The van der Waals surface area contributed by atoms with Crippen molar-refractivity contribution in [3.8, 4) is 11.5 Å². The van der Waals surface area contributed by atoms with Crippen molar-refractivity contribution >= 4 is 86.5 Å². The molecular weight excluding hydrogens is 746 g/mol. The summed E-state index contributed by atoms with van der Waals surface area (Å²) in [5, 5.41) is 2.50. The molecule has 258 valence electrons. The Morgan fingerprint density at radius 3 is 1.17 bits per heavy atom. The Bertz CT molecular complexity index is 2290. The fourth-order valence-electron chi connectivity index (χ4n) is 7.19. The number of ether oxygens (including phenoxy) is 2. The van der Waals surface area contributed by atoms with Gasteiger partial charge in [-0.1, -0.05) is 64.6 Å². The predicted molar refractivity (Wildman–Crippen MR) is 214 cm³/mol. The normalized spacial score (nSPS) is 13.4. The lowest BCUT2D eigenvalue weighted by molar-refractivity contribution is 0.0224. The van der Waals surface area contributed by atoms with Crippen LogP contribution < -0.4 is 14.5 Å². The molecule has 1 spiro atoms. The zero-order valence-electron chi connectivity index (χ0n) is 27.6. The van der Waals surface area contributed by atoms with Crippen LogP contribution in [-0.2, 0) is 10.3 Å². The molecule has 9 heteroatoms. The maximum atomic E-state index is 13.6. The third-order valence-corrected chi connectivity index (χ3v) is 10.5. The molecule has 7 aromatic carbocycles. The Morgan fingerprint density at radius 2 is 0.774 bits per heavy atom. The molecule has 0 saturated carbocycles. The minimum absolute atomic E-state index is 0.402. The number of esters is 1. The first kappa shape index (κ1) is 33.4. The Hall–Kier alpha value is -5.43. The van der Waals surface area contributed by atoms with Crippen molar-refractivity contribution in [1.29, 1.82) is 0 Å². The number of anilines is 6. The van der Waals surface area contributed by atoms with Crippen molar-refractivity contribution in [2.24, 2.45) is 0 Å². The van der Waals surface area contributed by atoms with Gasteiger partial charge in [0, 0.05) is 83.0 Å². The highest BCUT2D eigenvalue weighted by Gasteiger charge is 2.53. The Morgan fingerprint density at radius 1 is 0.415 bits per heavy atom. The van der Waals surface area contributed by atoms with Crippen molar-refractivity contribution in [3.05, 3.63) is 200 Å². The van der Waals surface area contributed by atoms with Crippen molar-refractivity contribution in [3.63, 3.8) is 0 Å². The van der Waals surface area contributed by atoms with Crippen molar-refractivity contribution in [2.45, 2.75) is 5.60 Å². The predicted octanol–water partition coefficient (Wildman–Crippen LogP) is 13.8. The molecule has 0 aromatic heterocycles. The fourth-order valence-corrected chi connectivity index (χ4v) is 7.69. The molecule has 0 N–H and O–H groups in total. The first-order chi connectivity index (χ1) is 25.8. The lowest BCUT2D eigenvalue weighted by Crippen LogP contribution is -2.33. The van der Waals surface area contributed by atoms with Crippen LogP contribution in [0.3, 0.4) is 0 Å². The van der Waals surface area contributed by atoms with E-state index in [4.69, 9.17) is 55.9 Å². The SMILES string of the molecule is O=C1OC2(c3ccc(N(c4ccc(Cl)cc4)c4ccc(Cl)cc4)cc3Oc3cc(N(c4ccc(Cl)cc4)c4ccc(Cl)cc4)ccc32)c2ccccc21. The van der Waals surface area contributed by atoms with E-state index >= 15 is 0 Å². The number of fused-ring (bicyclic) bond motifs is 6. The number of benzene rings is 7. The monoisotopic (exact) mass is 770 g/mol. The standard InChI is InChI=1S/C44H26Cl4N2O3/c45-27-5-13-31(14-6-27)49(32-15-7-28(46)8-16-32)35-21-23-39-41(25-35)52-42-26-36(22-24-40(42)44(39)38-4-2-1-3-37(38)43(51)53-44)50(33-17-9-29(47)10-18-33)34-19-11-30(48)12-20-34/h1-26H. The fraction of sp³-hybridized carbons (Fsp3) is 0.0227. The van der Waals surface area contributed by atoms with E-state index in [-0.39, 0.29) is 0 Å². The van der Waals surface area contributed by atoms with Crippen LogP contribution in [0.15, 0.2) is 158 Å². The van der Waals surface area contributed by atoms with Crippen LogP contribution in [0.5, 0.6) is 11.5 Å². The smallest absolute Gasteiger partial charge is 0.340 e. The molecule has 0 atom stereocenters. The summed E-state index contributed by atoms with van der Waals surface area (Å²) >= 11 is 25.2. The van der Waals surface area contributed by atoms with Gasteiger partial charge in [0.15, 0.2) is 5.60 Å². The van der Waals surface area contributed by atoms with Crippen molar-refractivity contribution in [1.82, 2.24) is 0 Å². The lowest BCUT2D eigenvalue weighted by atomic mass is 9.77. The van der Waals surface area contributed by atoms with E-state index < -0.39 is 11.6 Å². The summed E-state index contributed by atoms with van der Waals surface area (Å²) in [4.78, 5) is 17.8. The molecule has 0 saturated heterocycles. The summed E-state index contributed by atoms with van der Waals surface area (Å²) in [7, 11) is 0. The molecule has 2 aliphatic rings. The molecule has 0 fully saturated rings. The molecule has 2 heterocycles. The van der Waals surface area contributed by atoms with E-state index in [1.165, 1.54) is 0 Å². The molecule has 53 heavy (non-hydrogen) atoms. The van der Waals surface area contributed by atoms with Gasteiger partial charge >= 0.3 is 5.97 Å². The highest BCUT2D eigenvalue weighted by molar-refractivity contribution is 6.31. The topological polar surface area (TPSA) is 42.0 Å². The zero-order valence-corrected chi connectivity index (χ0v) is 30.7. The van der Waals surface area contributed by atoms with Crippen LogP contribution in [0.2, 0.25) is 20.1 Å². The summed E-state index contributed by atoms with van der Waals surface area (Å²) in [6, 6.07) is 49.9. The van der Waals surface area contributed by atoms with Gasteiger partial charge in [0.05, 0.1) is 5.56 Å². The van der Waals surface area contributed by atoms with E-state index in [0.29, 0.717) is 48.3 Å².